The maximum absolute atomic E-state index is 2.36. The van der Waals surface area contributed by atoms with Gasteiger partial charge in [0.15, 0.2) is 0 Å². The minimum absolute atomic E-state index is 0.783. The zero-order valence-corrected chi connectivity index (χ0v) is 14.9. The van der Waals surface area contributed by atoms with Crippen LogP contribution in [0.2, 0.25) is 0 Å². The Hall–Kier alpha value is -1.56. The molecule has 0 radical (unpaired) electrons. The lowest BCUT2D eigenvalue weighted by atomic mass is 9.76. The molecule has 0 aliphatic heterocycles. The molecule has 1 saturated carbocycles. The van der Waals surface area contributed by atoms with Gasteiger partial charge in [0.2, 0.25) is 0 Å². The molecular formula is C23H30. The van der Waals surface area contributed by atoms with Crippen LogP contribution in [0.5, 0.6) is 0 Å². The molecule has 1 aliphatic carbocycles. The number of rotatable bonds is 4. The number of hydrogen-bond acceptors (Lipinski definition) is 0. The fourth-order valence-corrected chi connectivity index (χ4v) is 4.09. The molecule has 1 fully saturated rings. The van der Waals surface area contributed by atoms with E-state index < -0.39 is 0 Å². The van der Waals surface area contributed by atoms with E-state index in [1.165, 1.54) is 48.8 Å². The van der Waals surface area contributed by atoms with Crippen molar-refractivity contribution in [3.05, 3.63) is 59.7 Å². The van der Waals surface area contributed by atoms with Gasteiger partial charge in [-0.2, -0.15) is 0 Å². The van der Waals surface area contributed by atoms with Crippen molar-refractivity contribution < 1.29 is 0 Å². The van der Waals surface area contributed by atoms with Crippen molar-refractivity contribution >= 4 is 0 Å². The molecule has 3 rings (SSSR count). The molecule has 122 valence electrons. The molecule has 0 amide bonds. The summed E-state index contributed by atoms with van der Waals surface area (Å²) in [4.78, 5) is 0. The van der Waals surface area contributed by atoms with Crippen molar-refractivity contribution in [2.45, 2.75) is 58.8 Å². The first-order valence-corrected chi connectivity index (χ1v) is 9.29. The van der Waals surface area contributed by atoms with Gasteiger partial charge >= 0.3 is 0 Å². The summed E-state index contributed by atoms with van der Waals surface area (Å²) in [5.74, 6) is 2.61. The summed E-state index contributed by atoms with van der Waals surface area (Å²) in [5, 5.41) is 0. The molecule has 1 aliphatic rings. The summed E-state index contributed by atoms with van der Waals surface area (Å²) in [6.07, 6.45) is 7.01. The van der Waals surface area contributed by atoms with Crippen LogP contribution in [0.25, 0.3) is 11.1 Å². The smallest absolute Gasteiger partial charge is 0.0162 e. The Morgan fingerprint density at radius 2 is 1.30 bits per heavy atom. The third-order valence-corrected chi connectivity index (χ3v) is 5.42. The van der Waals surface area contributed by atoms with Crippen LogP contribution in [0.1, 0.15) is 63.0 Å². The second-order valence-corrected chi connectivity index (χ2v) is 7.84. The highest BCUT2D eigenvalue weighted by molar-refractivity contribution is 5.64. The van der Waals surface area contributed by atoms with Gasteiger partial charge in [0.1, 0.15) is 0 Å². The first-order chi connectivity index (χ1) is 11.1. The SMILES string of the molecule is Cc1ccc(-c2ccc(C3CCC(CC(C)C)CC3)cc2)cc1. The van der Waals surface area contributed by atoms with Gasteiger partial charge in [0.05, 0.1) is 0 Å². The van der Waals surface area contributed by atoms with Gasteiger partial charge in [-0.1, -0.05) is 67.9 Å². The topological polar surface area (TPSA) is 0 Å². The second kappa shape index (κ2) is 7.34. The maximum atomic E-state index is 2.36. The Balaban J connectivity index is 1.63. The van der Waals surface area contributed by atoms with Crippen molar-refractivity contribution in [1.82, 2.24) is 0 Å². The number of benzene rings is 2. The molecule has 2 aromatic rings. The zero-order valence-electron chi connectivity index (χ0n) is 14.9. The van der Waals surface area contributed by atoms with Crippen LogP contribution < -0.4 is 0 Å². The number of aryl methyl sites for hydroxylation is 1. The van der Waals surface area contributed by atoms with Gasteiger partial charge in [0, 0.05) is 0 Å². The quantitative estimate of drug-likeness (QED) is 0.571. The second-order valence-electron chi connectivity index (χ2n) is 7.84. The van der Waals surface area contributed by atoms with Gasteiger partial charge < -0.3 is 0 Å². The van der Waals surface area contributed by atoms with E-state index in [0.29, 0.717) is 0 Å². The summed E-state index contributed by atoms with van der Waals surface area (Å²) in [7, 11) is 0. The normalized spacial score (nSPS) is 21.6. The Kier molecular flexibility index (Phi) is 5.20. The third kappa shape index (κ3) is 4.25. The summed E-state index contributed by atoms with van der Waals surface area (Å²) in [6.45, 7) is 6.86. The van der Waals surface area contributed by atoms with Crippen LogP contribution in [-0.2, 0) is 0 Å². The molecule has 23 heavy (non-hydrogen) atoms. The van der Waals surface area contributed by atoms with Crippen LogP contribution in [0, 0.1) is 18.8 Å². The predicted octanol–water partition coefficient (Wildman–Crippen LogP) is 6.98. The largest absolute Gasteiger partial charge is 0.0628 e. The van der Waals surface area contributed by atoms with Crippen LogP contribution in [-0.4, -0.2) is 0 Å². The lowest BCUT2D eigenvalue weighted by Gasteiger charge is -2.29. The van der Waals surface area contributed by atoms with Crippen LogP contribution in [0.3, 0.4) is 0 Å². The Labute approximate surface area is 141 Å². The zero-order chi connectivity index (χ0) is 16.2. The Bertz CT molecular complexity index is 595. The summed E-state index contributed by atoms with van der Waals surface area (Å²) in [5.41, 5.74) is 5.53. The molecule has 0 nitrogen and oxygen atoms in total. The van der Waals surface area contributed by atoms with Crippen LogP contribution >= 0.6 is 0 Å². The van der Waals surface area contributed by atoms with Gasteiger partial charge in [-0.25, -0.2) is 0 Å². The van der Waals surface area contributed by atoms with Gasteiger partial charge in [-0.05, 0) is 73.5 Å². The lowest BCUT2D eigenvalue weighted by Crippen LogP contribution is -2.14. The first kappa shape index (κ1) is 16.3. The van der Waals surface area contributed by atoms with Crippen molar-refractivity contribution in [3.8, 4) is 11.1 Å². The van der Waals surface area contributed by atoms with Crippen molar-refractivity contribution in [2.24, 2.45) is 11.8 Å². The van der Waals surface area contributed by atoms with Gasteiger partial charge in [-0.15, -0.1) is 0 Å². The van der Waals surface area contributed by atoms with Crippen LogP contribution in [0.4, 0.5) is 0 Å². The Morgan fingerprint density at radius 3 is 1.83 bits per heavy atom. The molecule has 0 spiro atoms. The summed E-state index contributed by atoms with van der Waals surface area (Å²) < 4.78 is 0. The highest BCUT2D eigenvalue weighted by Crippen LogP contribution is 2.38. The molecule has 0 atom stereocenters. The molecule has 0 heteroatoms. The monoisotopic (exact) mass is 306 g/mol. The van der Waals surface area contributed by atoms with Crippen molar-refractivity contribution in [1.29, 1.82) is 0 Å². The van der Waals surface area contributed by atoms with Crippen LogP contribution in [0.15, 0.2) is 48.5 Å². The van der Waals surface area contributed by atoms with Gasteiger partial charge in [-0.3, -0.25) is 0 Å². The summed E-state index contributed by atoms with van der Waals surface area (Å²) in [6, 6.07) is 18.2. The van der Waals surface area contributed by atoms with Gasteiger partial charge in [0.25, 0.3) is 0 Å². The highest BCUT2D eigenvalue weighted by atomic mass is 14.3. The third-order valence-electron chi connectivity index (χ3n) is 5.42. The van der Waals surface area contributed by atoms with Crippen molar-refractivity contribution in [2.75, 3.05) is 0 Å². The van der Waals surface area contributed by atoms with E-state index in [9.17, 15) is 0 Å². The molecule has 0 aromatic heterocycles. The molecule has 0 bridgehead atoms. The molecule has 0 saturated heterocycles. The minimum Gasteiger partial charge on any atom is -0.0628 e. The average Bonchev–Trinajstić information content (AvgIpc) is 2.56. The van der Waals surface area contributed by atoms with E-state index in [4.69, 9.17) is 0 Å². The van der Waals surface area contributed by atoms with E-state index in [2.05, 4.69) is 69.3 Å². The fraction of sp³-hybridized carbons (Fsp3) is 0.478. The molecule has 0 N–H and O–H groups in total. The maximum Gasteiger partial charge on any atom is -0.0162 e. The summed E-state index contributed by atoms with van der Waals surface area (Å²) >= 11 is 0. The number of hydrogen-bond donors (Lipinski definition) is 0. The molecule has 0 unspecified atom stereocenters. The molecular weight excluding hydrogens is 276 g/mol. The average molecular weight is 306 g/mol. The highest BCUT2D eigenvalue weighted by Gasteiger charge is 2.22. The minimum atomic E-state index is 0.783. The van der Waals surface area contributed by atoms with E-state index in [-0.39, 0.29) is 0 Å². The lowest BCUT2D eigenvalue weighted by molar-refractivity contribution is 0.283. The standard InChI is InChI=1S/C23H30/c1-17(2)16-19-6-10-21(11-7-19)23-14-12-22(13-15-23)20-8-4-18(3)5-9-20/h4-5,8-9,12-15,17,19,21H,6-7,10-11,16H2,1-3H3. The fourth-order valence-electron chi connectivity index (χ4n) is 4.09. The molecule has 0 heterocycles. The predicted molar refractivity (Wildman–Crippen MR) is 101 cm³/mol. The van der Waals surface area contributed by atoms with E-state index in [1.54, 1.807) is 5.56 Å². The Morgan fingerprint density at radius 1 is 0.783 bits per heavy atom. The van der Waals surface area contributed by atoms with Crippen molar-refractivity contribution in [3.63, 3.8) is 0 Å². The van der Waals surface area contributed by atoms with E-state index >= 15 is 0 Å². The molecule has 2 aromatic carbocycles. The van der Waals surface area contributed by atoms with E-state index in [1.807, 2.05) is 0 Å². The van der Waals surface area contributed by atoms with E-state index in [0.717, 1.165) is 17.8 Å². The first-order valence-electron chi connectivity index (χ1n) is 9.29.